The van der Waals surface area contributed by atoms with Gasteiger partial charge in [0, 0.05) is 6.20 Å². The van der Waals surface area contributed by atoms with Gasteiger partial charge in [0.1, 0.15) is 5.15 Å². The molecule has 3 heterocycles. The van der Waals surface area contributed by atoms with Crippen molar-refractivity contribution in [3.63, 3.8) is 0 Å². The molecule has 9 heteroatoms. The monoisotopic (exact) mass is 386 g/mol. The van der Waals surface area contributed by atoms with Crippen LogP contribution in [0, 0.1) is 5.82 Å². The molecule has 0 aliphatic carbocycles. The van der Waals surface area contributed by atoms with Crippen LogP contribution in [0.5, 0.6) is 0 Å². The normalized spacial score (nSPS) is 11.5. The van der Waals surface area contributed by atoms with Gasteiger partial charge >= 0.3 is 5.69 Å². The fraction of sp³-hybridized carbons (Fsp3) is 0.200. The molecular weight excluding hydrogens is 378 g/mol. The zero-order chi connectivity index (χ0) is 17.6. The molecule has 0 aromatic carbocycles. The molecule has 124 valence electrons. The van der Waals surface area contributed by atoms with Crippen LogP contribution in [0.15, 0.2) is 23.1 Å². The zero-order valence-corrected chi connectivity index (χ0v) is 14.8. The molecule has 0 aliphatic heterocycles. The third-order valence-electron chi connectivity index (χ3n) is 3.41. The van der Waals surface area contributed by atoms with Crippen LogP contribution in [-0.4, -0.2) is 19.5 Å². The summed E-state index contributed by atoms with van der Waals surface area (Å²) in [4.78, 5) is 24.5. The highest BCUT2D eigenvalue weighted by Crippen LogP contribution is 2.31. The summed E-state index contributed by atoms with van der Waals surface area (Å²) in [5.74, 6) is -0.799. The molecular formula is C15H10Cl3FN4O. The van der Waals surface area contributed by atoms with E-state index in [0.29, 0.717) is 11.4 Å². The Morgan fingerprint density at radius 1 is 1.17 bits per heavy atom. The Morgan fingerprint density at radius 2 is 1.88 bits per heavy atom. The number of fused-ring (bicyclic) bond motifs is 1. The van der Waals surface area contributed by atoms with Gasteiger partial charge in [0.25, 0.3) is 0 Å². The largest absolute Gasteiger partial charge is 0.355 e. The lowest BCUT2D eigenvalue weighted by Crippen LogP contribution is -2.25. The lowest BCUT2D eigenvalue weighted by Gasteiger charge is -2.16. The Bertz CT molecular complexity index is 1020. The van der Waals surface area contributed by atoms with Gasteiger partial charge in [-0.2, -0.15) is 4.98 Å². The maximum atomic E-state index is 13.7. The van der Waals surface area contributed by atoms with Crippen LogP contribution in [0.2, 0.25) is 15.3 Å². The van der Waals surface area contributed by atoms with Crippen molar-refractivity contribution in [3.8, 4) is 5.69 Å². The summed E-state index contributed by atoms with van der Waals surface area (Å²) in [5, 5.41) is -0.124. The van der Waals surface area contributed by atoms with Crippen molar-refractivity contribution in [2.24, 2.45) is 0 Å². The summed E-state index contributed by atoms with van der Waals surface area (Å²) in [7, 11) is 0. The highest BCUT2D eigenvalue weighted by molar-refractivity contribution is 6.35. The lowest BCUT2D eigenvalue weighted by molar-refractivity contribution is 0.624. The topological polar surface area (TPSA) is 60.7 Å². The number of aromatic nitrogens is 4. The molecule has 3 rings (SSSR count). The van der Waals surface area contributed by atoms with Crippen molar-refractivity contribution in [2.75, 3.05) is 0 Å². The van der Waals surface area contributed by atoms with Gasteiger partial charge < -0.3 is 0 Å². The Balaban J connectivity index is 2.53. The molecule has 0 bridgehead atoms. The zero-order valence-electron chi connectivity index (χ0n) is 12.5. The minimum Gasteiger partial charge on any atom is -0.259 e. The van der Waals surface area contributed by atoms with Crippen LogP contribution in [0.3, 0.4) is 0 Å². The van der Waals surface area contributed by atoms with Crippen molar-refractivity contribution < 1.29 is 4.39 Å². The molecule has 3 aromatic rings. The van der Waals surface area contributed by atoms with Gasteiger partial charge in [0.2, 0.25) is 0 Å². The predicted octanol–water partition coefficient (Wildman–Crippen LogP) is 4.40. The van der Waals surface area contributed by atoms with E-state index in [-0.39, 0.29) is 32.3 Å². The standard InChI is InChI=1S/C15H10Cl3FN4O/c1-6(2)10-11(8(16)3-4-20-10)23-14-7(12(17)22-15(23)24)5-9(19)13(18)21-14/h3-6H,1-2H3. The molecule has 0 spiro atoms. The summed E-state index contributed by atoms with van der Waals surface area (Å²) < 4.78 is 14.9. The number of hydrogen-bond acceptors (Lipinski definition) is 4. The Kier molecular flexibility index (Phi) is 4.46. The number of rotatable bonds is 2. The molecule has 0 atom stereocenters. The van der Waals surface area contributed by atoms with E-state index in [1.807, 2.05) is 13.8 Å². The van der Waals surface area contributed by atoms with Crippen LogP contribution >= 0.6 is 34.8 Å². The minimum absolute atomic E-state index is 0.0350. The number of pyridine rings is 2. The van der Waals surface area contributed by atoms with Crippen molar-refractivity contribution >= 4 is 45.8 Å². The van der Waals surface area contributed by atoms with Crippen LogP contribution in [0.1, 0.15) is 25.5 Å². The van der Waals surface area contributed by atoms with Gasteiger partial charge in [-0.15, -0.1) is 0 Å². The molecule has 0 radical (unpaired) electrons. The first kappa shape index (κ1) is 17.1. The van der Waals surface area contributed by atoms with Gasteiger partial charge in [0.05, 0.1) is 21.8 Å². The maximum absolute atomic E-state index is 13.7. The smallest absolute Gasteiger partial charge is 0.259 e. The van der Waals surface area contributed by atoms with Crippen molar-refractivity contribution in [1.82, 2.24) is 19.5 Å². The second kappa shape index (κ2) is 6.27. The third kappa shape index (κ3) is 2.75. The van der Waals surface area contributed by atoms with E-state index >= 15 is 0 Å². The summed E-state index contributed by atoms with van der Waals surface area (Å²) >= 11 is 18.0. The Morgan fingerprint density at radius 3 is 2.54 bits per heavy atom. The first-order chi connectivity index (χ1) is 11.3. The number of halogens is 4. The molecule has 3 aromatic heterocycles. The summed E-state index contributed by atoms with van der Waals surface area (Å²) in [6.45, 7) is 3.80. The van der Waals surface area contributed by atoms with Crippen LogP contribution < -0.4 is 5.69 Å². The fourth-order valence-electron chi connectivity index (χ4n) is 2.36. The number of hydrogen-bond donors (Lipinski definition) is 0. The first-order valence-electron chi connectivity index (χ1n) is 6.90. The van der Waals surface area contributed by atoms with Gasteiger partial charge in [-0.3, -0.25) is 4.98 Å². The van der Waals surface area contributed by atoms with Gasteiger partial charge in [0.15, 0.2) is 16.6 Å². The SMILES string of the molecule is CC(C)c1nccc(Cl)c1-n1c(=O)nc(Cl)c2cc(F)c(Cl)nc21. The van der Waals surface area contributed by atoms with E-state index in [9.17, 15) is 9.18 Å². The van der Waals surface area contributed by atoms with Crippen LogP contribution in [0.25, 0.3) is 16.7 Å². The Hall–Kier alpha value is -1.76. The summed E-state index contributed by atoms with van der Waals surface area (Å²) in [6.07, 6.45) is 1.54. The molecule has 5 nitrogen and oxygen atoms in total. The second-order valence-corrected chi connectivity index (χ2v) is 6.46. The van der Waals surface area contributed by atoms with E-state index < -0.39 is 11.5 Å². The first-order valence-corrected chi connectivity index (χ1v) is 8.03. The summed E-state index contributed by atoms with van der Waals surface area (Å²) in [5.41, 5.74) is 0.239. The highest BCUT2D eigenvalue weighted by Gasteiger charge is 2.21. The molecule has 0 fully saturated rings. The molecule has 24 heavy (non-hydrogen) atoms. The highest BCUT2D eigenvalue weighted by atomic mass is 35.5. The van der Waals surface area contributed by atoms with Gasteiger partial charge in [-0.25, -0.2) is 18.7 Å². The van der Waals surface area contributed by atoms with E-state index in [2.05, 4.69) is 15.0 Å². The molecule has 0 aliphatic rings. The van der Waals surface area contributed by atoms with E-state index in [1.54, 1.807) is 6.07 Å². The van der Waals surface area contributed by atoms with Crippen molar-refractivity contribution in [3.05, 3.63) is 55.7 Å². The summed E-state index contributed by atoms with van der Waals surface area (Å²) in [6, 6.07) is 2.62. The van der Waals surface area contributed by atoms with Crippen molar-refractivity contribution in [2.45, 2.75) is 19.8 Å². The Labute approximate surface area is 151 Å². The molecule has 0 amide bonds. The maximum Gasteiger partial charge on any atom is 0.355 e. The minimum atomic E-state index is -0.764. The molecule has 0 N–H and O–H groups in total. The number of nitrogens with zero attached hydrogens (tertiary/aromatic N) is 4. The average molecular weight is 388 g/mol. The second-order valence-electron chi connectivity index (χ2n) is 5.33. The molecule has 0 saturated heterocycles. The van der Waals surface area contributed by atoms with Crippen molar-refractivity contribution in [1.29, 1.82) is 0 Å². The quantitative estimate of drug-likeness (QED) is 0.483. The fourth-order valence-corrected chi connectivity index (χ4v) is 2.94. The molecule has 0 unspecified atom stereocenters. The van der Waals surface area contributed by atoms with Gasteiger partial charge in [-0.05, 0) is 18.1 Å². The third-order valence-corrected chi connectivity index (χ3v) is 4.26. The van der Waals surface area contributed by atoms with E-state index in [0.717, 1.165) is 10.6 Å². The average Bonchev–Trinajstić information content (AvgIpc) is 2.50. The van der Waals surface area contributed by atoms with E-state index in [4.69, 9.17) is 34.8 Å². The van der Waals surface area contributed by atoms with E-state index in [1.165, 1.54) is 6.20 Å². The lowest BCUT2D eigenvalue weighted by atomic mass is 10.1. The van der Waals surface area contributed by atoms with Crippen LogP contribution in [0.4, 0.5) is 4.39 Å². The van der Waals surface area contributed by atoms with Gasteiger partial charge in [-0.1, -0.05) is 48.7 Å². The predicted molar refractivity (Wildman–Crippen MR) is 92.0 cm³/mol. The molecule has 0 saturated carbocycles. The van der Waals surface area contributed by atoms with Crippen LogP contribution in [-0.2, 0) is 0 Å².